The van der Waals surface area contributed by atoms with Crippen molar-refractivity contribution in [2.24, 2.45) is 5.14 Å². The molecule has 1 atom stereocenters. The van der Waals surface area contributed by atoms with Crippen molar-refractivity contribution in [1.29, 1.82) is 0 Å². The van der Waals surface area contributed by atoms with E-state index in [1.54, 1.807) is 0 Å². The molecular weight excluding hydrogens is 395 g/mol. The normalized spacial score (nSPS) is 12.5. The van der Waals surface area contributed by atoms with Crippen LogP contribution in [0.3, 0.4) is 0 Å². The van der Waals surface area contributed by atoms with Crippen molar-refractivity contribution >= 4 is 50.5 Å². The first-order valence-corrected chi connectivity index (χ1v) is 9.46. The highest BCUT2D eigenvalue weighted by Gasteiger charge is 2.22. The third kappa shape index (κ3) is 4.98. The fraction of sp³-hybridized carbons (Fsp3) is 0.143. The molecule has 0 aliphatic carbocycles. The van der Waals surface area contributed by atoms with Gasteiger partial charge in [0, 0.05) is 10.4 Å². The van der Waals surface area contributed by atoms with Crippen LogP contribution in [0, 0.1) is 5.82 Å². The standard InChI is InChI=1S/C14H12ClFN2O5S2/c1-7(13(19)18-11-3-2-9(15)5-10(11)16)23-14(20)8-4-12(24-6-8)25(17,21)22/h2-7H,1H3,(H,18,19)(H2,17,21,22)/t7-/m1/s1. The van der Waals surface area contributed by atoms with Gasteiger partial charge in [0.25, 0.3) is 5.91 Å². The Morgan fingerprint density at radius 1 is 1.36 bits per heavy atom. The number of benzene rings is 1. The van der Waals surface area contributed by atoms with Crippen LogP contribution >= 0.6 is 22.9 Å². The zero-order valence-corrected chi connectivity index (χ0v) is 15.0. The van der Waals surface area contributed by atoms with E-state index in [1.807, 2.05) is 0 Å². The van der Waals surface area contributed by atoms with E-state index >= 15 is 0 Å². The quantitative estimate of drug-likeness (QED) is 0.739. The number of nitrogens with one attached hydrogen (secondary N) is 1. The average molecular weight is 407 g/mol. The van der Waals surface area contributed by atoms with Gasteiger partial charge in [0.2, 0.25) is 10.0 Å². The monoisotopic (exact) mass is 406 g/mol. The van der Waals surface area contributed by atoms with Crippen LogP contribution in [-0.2, 0) is 19.6 Å². The van der Waals surface area contributed by atoms with Crippen LogP contribution in [0.15, 0.2) is 33.9 Å². The average Bonchev–Trinajstić information content (AvgIpc) is 3.00. The second-order valence-corrected chi connectivity index (χ2v) is 8.00. The van der Waals surface area contributed by atoms with Gasteiger partial charge in [0.15, 0.2) is 6.10 Å². The van der Waals surface area contributed by atoms with Crippen molar-refractivity contribution in [3.63, 3.8) is 0 Å². The molecule has 0 bridgehead atoms. The predicted molar refractivity (Wildman–Crippen MR) is 90.6 cm³/mol. The molecule has 0 saturated heterocycles. The first-order valence-electron chi connectivity index (χ1n) is 6.66. The minimum Gasteiger partial charge on any atom is -0.449 e. The molecule has 2 aromatic rings. The molecule has 0 fully saturated rings. The Hall–Kier alpha value is -2.01. The van der Waals surface area contributed by atoms with Gasteiger partial charge in [-0.1, -0.05) is 11.6 Å². The SMILES string of the molecule is C[C@@H](OC(=O)c1csc(S(N)(=O)=O)c1)C(=O)Nc1ccc(Cl)cc1F. The summed E-state index contributed by atoms with van der Waals surface area (Å²) in [6, 6.07) is 4.72. The van der Waals surface area contributed by atoms with Gasteiger partial charge >= 0.3 is 5.97 Å². The highest BCUT2D eigenvalue weighted by molar-refractivity contribution is 7.91. The number of ether oxygens (including phenoxy) is 1. The lowest BCUT2D eigenvalue weighted by Gasteiger charge is -2.13. The summed E-state index contributed by atoms with van der Waals surface area (Å²) in [5.41, 5.74) is -0.185. The van der Waals surface area contributed by atoms with E-state index in [0.717, 1.165) is 23.5 Å². The number of amides is 1. The first kappa shape index (κ1) is 19.3. The van der Waals surface area contributed by atoms with E-state index in [-0.39, 0.29) is 20.5 Å². The molecule has 0 aliphatic rings. The van der Waals surface area contributed by atoms with E-state index in [1.165, 1.54) is 24.4 Å². The molecule has 1 aromatic carbocycles. The van der Waals surface area contributed by atoms with Gasteiger partial charge in [-0.15, -0.1) is 11.3 Å². The molecule has 25 heavy (non-hydrogen) atoms. The van der Waals surface area contributed by atoms with E-state index < -0.39 is 33.8 Å². The minimum atomic E-state index is -3.93. The highest BCUT2D eigenvalue weighted by Crippen LogP contribution is 2.21. The summed E-state index contributed by atoms with van der Waals surface area (Å²) >= 11 is 6.36. The lowest BCUT2D eigenvalue weighted by atomic mass is 10.2. The maximum atomic E-state index is 13.6. The van der Waals surface area contributed by atoms with Crippen LogP contribution in [0.2, 0.25) is 5.02 Å². The van der Waals surface area contributed by atoms with Crippen molar-refractivity contribution in [2.45, 2.75) is 17.2 Å². The summed E-state index contributed by atoms with van der Waals surface area (Å²) in [7, 11) is -3.93. The van der Waals surface area contributed by atoms with Crippen molar-refractivity contribution in [2.75, 3.05) is 5.32 Å². The van der Waals surface area contributed by atoms with Gasteiger partial charge in [0.1, 0.15) is 10.0 Å². The molecule has 1 aromatic heterocycles. The van der Waals surface area contributed by atoms with Gasteiger partial charge in [-0.25, -0.2) is 22.7 Å². The lowest BCUT2D eigenvalue weighted by molar-refractivity contribution is -0.123. The highest BCUT2D eigenvalue weighted by atomic mass is 35.5. The second-order valence-electron chi connectivity index (χ2n) is 4.86. The van der Waals surface area contributed by atoms with Gasteiger partial charge in [-0.3, -0.25) is 4.79 Å². The van der Waals surface area contributed by atoms with E-state index in [4.69, 9.17) is 21.5 Å². The number of carbonyl (C=O) groups is 2. The van der Waals surface area contributed by atoms with Gasteiger partial charge < -0.3 is 10.1 Å². The Balaban J connectivity index is 2.03. The van der Waals surface area contributed by atoms with Gasteiger partial charge in [-0.05, 0) is 31.2 Å². The van der Waals surface area contributed by atoms with E-state index in [2.05, 4.69) is 5.32 Å². The van der Waals surface area contributed by atoms with Crippen molar-refractivity contribution < 1.29 is 27.1 Å². The van der Waals surface area contributed by atoms with Crippen LogP contribution in [0.1, 0.15) is 17.3 Å². The Bertz CT molecular complexity index is 929. The molecule has 1 heterocycles. The minimum absolute atomic E-state index is 0.0636. The van der Waals surface area contributed by atoms with E-state index in [0.29, 0.717) is 0 Å². The number of hydrogen-bond donors (Lipinski definition) is 2. The number of carbonyl (C=O) groups excluding carboxylic acids is 2. The molecule has 0 unspecified atom stereocenters. The third-order valence-electron chi connectivity index (χ3n) is 2.93. The maximum absolute atomic E-state index is 13.6. The largest absolute Gasteiger partial charge is 0.449 e. The molecule has 7 nitrogen and oxygen atoms in total. The Morgan fingerprint density at radius 3 is 2.60 bits per heavy atom. The molecule has 134 valence electrons. The number of esters is 1. The fourth-order valence-corrected chi connectivity index (χ4v) is 3.41. The summed E-state index contributed by atoms with van der Waals surface area (Å²) in [5, 5.41) is 8.62. The number of primary sulfonamides is 1. The number of sulfonamides is 1. The Morgan fingerprint density at radius 2 is 2.04 bits per heavy atom. The topological polar surface area (TPSA) is 116 Å². The van der Waals surface area contributed by atoms with Crippen LogP contribution in [-0.4, -0.2) is 26.4 Å². The molecule has 11 heteroatoms. The molecule has 1 amide bonds. The number of nitrogens with two attached hydrogens (primary N) is 1. The van der Waals surface area contributed by atoms with Crippen LogP contribution in [0.5, 0.6) is 0 Å². The predicted octanol–water partition coefficient (Wildman–Crippen LogP) is 2.37. The molecule has 0 saturated carbocycles. The fourth-order valence-electron chi connectivity index (χ4n) is 1.68. The Kier molecular flexibility index (Phi) is 5.78. The summed E-state index contributed by atoms with van der Waals surface area (Å²) in [6.45, 7) is 1.29. The third-order valence-corrected chi connectivity index (χ3v) is 5.55. The summed E-state index contributed by atoms with van der Waals surface area (Å²) in [5.74, 6) is -2.42. The van der Waals surface area contributed by atoms with Crippen molar-refractivity contribution in [3.8, 4) is 0 Å². The van der Waals surface area contributed by atoms with Crippen molar-refractivity contribution in [3.05, 3.63) is 46.0 Å². The summed E-state index contributed by atoms with van der Waals surface area (Å²) in [6.07, 6.45) is -1.25. The van der Waals surface area contributed by atoms with E-state index in [9.17, 15) is 22.4 Å². The summed E-state index contributed by atoms with van der Waals surface area (Å²) in [4.78, 5) is 23.9. The second kappa shape index (κ2) is 7.48. The molecule has 0 aliphatic heterocycles. The molecular formula is C14H12ClFN2O5S2. The maximum Gasteiger partial charge on any atom is 0.339 e. The van der Waals surface area contributed by atoms with Crippen molar-refractivity contribution in [1.82, 2.24) is 0 Å². The van der Waals surface area contributed by atoms with Crippen LogP contribution in [0.4, 0.5) is 10.1 Å². The lowest BCUT2D eigenvalue weighted by Crippen LogP contribution is -2.30. The zero-order chi connectivity index (χ0) is 18.8. The zero-order valence-electron chi connectivity index (χ0n) is 12.7. The van der Waals surface area contributed by atoms with Crippen LogP contribution in [0.25, 0.3) is 0 Å². The molecule has 0 spiro atoms. The smallest absolute Gasteiger partial charge is 0.339 e. The number of anilines is 1. The number of rotatable bonds is 5. The number of thiophene rings is 1. The molecule has 2 rings (SSSR count). The van der Waals surface area contributed by atoms with Gasteiger partial charge in [0.05, 0.1) is 11.3 Å². The molecule has 0 radical (unpaired) electrons. The number of halogens is 2. The molecule has 3 N–H and O–H groups in total. The number of hydrogen-bond acceptors (Lipinski definition) is 6. The summed E-state index contributed by atoms with van der Waals surface area (Å²) < 4.78 is 40.7. The Labute approximate surface area is 151 Å². The van der Waals surface area contributed by atoms with Gasteiger partial charge in [-0.2, -0.15) is 0 Å². The van der Waals surface area contributed by atoms with Crippen LogP contribution < -0.4 is 10.5 Å². The first-order chi connectivity index (χ1) is 11.6.